The summed E-state index contributed by atoms with van der Waals surface area (Å²) in [5.41, 5.74) is 0. The Morgan fingerprint density at radius 2 is 1.10 bits per heavy atom. The van der Waals surface area contributed by atoms with Crippen molar-refractivity contribution >= 4 is 0 Å². The molecule has 2 heteroatoms. The van der Waals surface area contributed by atoms with Crippen LogP contribution < -0.4 is 0 Å². The highest BCUT2D eigenvalue weighted by atomic mass is 15.4. The first kappa shape index (κ1) is 18.4. The molecule has 1 aliphatic rings. The van der Waals surface area contributed by atoms with Crippen molar-refractivity contribution in [3.8, 4) is 0 Å². The number of hydrogen-bond acceptors (Lipinski definition) is 2. The van der Waals surface area contributed by atoms with Gasteiger partial charge in [0.1, 0.15) is 0 Å². The summed E-state index contributed by atoms with van der Waals surface area (Å²) in [6, 6.07) is 0. The summed E-state index contributed by atoms with van der Waals surface area (Å²) in [5.74, 6) is 0. The molecule has 0 N–H and O–H groups in total. The van der Waals surface area contributed by atoms with Crippen molar-refractivity contribution in [1.29, 1.82) is 0 Å². The highest BCUT2D eigenvalue weighted by molar-refractivity contribution is 4.94. The van der Waals surface area contributed by atoms with Crippen LogP contribution in [0.25, 0.3) is 0 Å². The Morgan fingerprint density at radius 1 is 0.619 bits per heavy atom. The van der Waals surface area contributed by atoms with E-state index in [9.17, 15) is 0 Å². The fourth-order valence-electron chi connectivity index (χ4n) is 3.17. The minimum absolute atomic E-state index is 0.573. The van der Waals surface area contributed by atoms with Crippen LogP contribution in [0.15, 0.2) is 12.4 Å². The van der Waals surface area contributed by atoms with Crippen LogP contribution >= 0.6 is 0 Å². The van der Waals surface area contributed by atoms with Crippen LogP contribution in [0.1, 0.15) is 91.4 Å². The Balaban J connectivity index is 1.90. The Labute approximate surface area is 133 Å². The Morgan fingerprint density at radius 3 is 1.62 bits per heavy atom. The lowest BCUT2D eigenvalue weighted by Crippen LogP contribution is -2.36. The number of rotatable bonds is 13. The average molecular weight is 295 g/mol. The van der Waals surface area contributed by atoms with Gasteiger partial charge < -0.3 is 9.80 Å². The van der Waals surface area contributed by atoms with E-state index in [1.54, 1.807) is 0 Å². The van der Waals surface area contributed by atoms with E-state index in [2.05, 4.69) is 43.0 Å². The molecular formula is C19H38N2. The monoisotopic (exact) mass is 294 g/mol. The van der Waals surface area contributed by atoms with Gasteiger partial charge in [-0.3, -0.25) is 0 Å². The number of nitrogens with zero attached hydrogens (tertiary/aromatic N) is 2. The minimum Gasteiger partial charge on any atom is -0.356 e. The molecule has 0 aliphatic carbocycles. The first-order chi connectivity index (χ1) is 10.3. The Bertz CT molecular complexity index is 262. The van der Waals surface area contributed by atoms with Crippen molar-refractivity contribution in [3.63, 3.8) is 0 Å². The third-order valence-corrected chi connectivity index (χ3v) is 4.66. The van der Waals surface area contributed by atoms with Crippen LogP contribution in [-0.4, -0.2) is 29.1 Å². The summed E-state index contributed by atoms with van der Waals surface area (Å²) < 4.78 is 0. The van der Waals surface area contributed by atoms with Gasteiger partial charge in [0.05, 0.1) is 6.17 Å². The highest BCUT2D eigenvalue weighted by Crippen LogP contribution is 2.17. The molecule has 1 heterocycles. The molecule has 2 nitrogen and oxygen atoms in total. The van der Waals surface area contributed by atoms with E-state index < -0.39 is 0 Å². The third-order valence-electron chi connectivity index (χ3n) is 4.66. The van der Waals surface area contributed by atoms with Crippen molar-refractivity contribution in [1.82, 2.24) is 9.80 Å². The Hall–Kier alpha value is -0.660. The number of hydrogen-bond donors (Lipinski definition) is 0. The van der Waals surface area contributed by atoms with Crippen molar-refractivity contribution in [2.75, 3.05) is 13.1 Å². The smallest absolute Gasteiger partial charge is 0.0977 e. The van der Waals surface area contributed by atoms with E-state index in [-0.39, 0.29) is 0 Å². The van der Waals surface area contributed by atoms with Gasteiger partial charge in [-0.25, -0.2) is 0 Å². The van der Waals surface area contributed by atoms with E-state index in [1.165, 1.54) is 83.7 Å². The summed E-state index contributed by atoms with van der Waals surface area (Å²) >= 11 is 0. The van der Waals surface area contributed by atoms with E-state index >= 15 is 0 Å². The maximum atomic E-state index is 2.50. The average Bonchev–Trinajstić information content (AvgIpc) is 2.83. The summed E-state index contributed by atoms with van der Waals surface area (Å²) in [4.78, 5) is 4.96. The molecule has 0 amide bonds. The summed E-state index contributed by atoms with van der Waals surface area (Å²) in [5, 5.41) is 0. The maximum Gasteiger partial charge on any atom is 0.0977 e. The number of unbranched alkanes of at least 4 members (excludes halogenated alkanes) is 9. The second-order valence-corrected chi connectivity index (χ2v) is 6.59. The van der Waals surface area contributed by atoms with E-state index in [1.807, 2.05) is 0 Å². The first-order valence-corrected chi connectivity index (χ1v) is 9.49. The molecule has 1 aliphatic heterocycles. The molecular weight excluding hydrogens is 256 g/mol. The van der Waals surface area contributed by atoms with Crippen LogP contribution in [0, 0.1) is 0 Å². The van der Waals surface area contributed by atoms with E-state index in [0.29, 0.717) is 6.17 Å². The minimum atomic E-state index is 0.573. The SMILES string of the molecule is CCCCCCCCCCCCN1C=CN(CCC)C1C. The van der Waals surface area contributed by atoms with Crippen LogP contribution in [0.3, 0.4) is 0 Å². The Kier molecular flexibility index (Phi) is 10.5. The van der Waals surface area contributed by atoms with Crippen LogP contribution in [0.4, 0.5) is 0 Å². The van der Waals surface area contributed by atoms with Gasteiger partial charge >= 0.3 is 0 Å². The molecule has 0 aromatic carbocycles. The molecule has 1 unspecified atom stereocenters. The molecule has 0 fully saturated rings. The van der Waals surface area contributed by atoms with Crippen molar-refractivity contribution in [3.05, 3.63) is 12.4 Å². The fourth-order valence-corrected chi connectivity index (χ4v) is 3.17. The lowest BCUT2D eigenvalue weighted by atomic mass is 10.1. The molecule has 21 heavy (non-hydrogen) atoms. The normalized spacial score (nSPS) is 18.0. The zero-order chi connectivity index (χ0) is 15.3. The van der Waals surface area contributed by atoms with Crippen molar-refractivity contribution in [2.45, 2.75) is 97.6 Å². The zero-order valence-electron chi connectivity index (χ0n) is 14.8. The standard InChI is InChI=1S/C19H38N2/c1-4-6-7-8-9-10-11-12-13-14-16-21-18-17-20(15-5-2)19(21)3/h17-19H,4-16H2,1-3H3. The summed E-state index contributed by atoms with van der Waals surface area (Å²) in [6.07, 6.45) is 20.6. The van der Waals surface area contributed by atoms with Gasteiger partial charge in [-0.2, -0.15) is 0 Å². The molecule has 0 bridgehead atoms. The van der Waals surface area contributed by atoms with Gasteiger partial charge in [0.25, 0.3) is 0 Å². The molecule has 0 saturated heterocycles. The molecule has 0 aromatic heterocycles. The highest BCUT2D eigenvalue weighted by Gasteiger charge is 2.19. The van der Waals surface area contributed by atoms with Crippen LogP contribution in [0.2, 0.25) is 0 Å². The molecule has 0 aromatic rings. The molecule has 0 spiro atoms. The topological polar surface area (TPSA) is 6.48 Å². The molecule has 124 valence electrons. The zero-order valence-corrected chi connectivity index (χ0v) is 14.8. The third kappa shape index (κ3) is 7.78. The van der Waals surface area contributed by atoms with Crippen LogP contribution in [0.5, 0.6) is 0 Å². The summed E-state index contributed by atoms with van der Waals surface area (Å²) in [6.45, 7) is 9.29. The van der Waals surface area contributed by atoms with E-state index in [0.717, 1.165) is 0 Å². The molecule has 1 atom stereocenters. The van der Waals surface area contributed by atoms with E-state index in [4.69, 9.17) is 0 Å². The van der Waals surface area contributed by atoms with Gasteiger partial charge in [-0.1, -0.05) is 71.6 Å². The predicted octanol–water partition coefficient (Wildman–Crippen LogP) is 5.75. The predicted molar refractivity (Wildman–Crippen MR) is 94.1 cm³/mol. The largest absolute Gasteiger partial charge is 0.356 e. The van der Waals surface area contributed by atoms with Gasteiger partial charge in [-0.05, 0) is 19.8 Å². The lowest BCUT2D eigenvalue weighted by Gasteiger charge is -2.29. The second-order valence-electron chi connectivity index (χ2n) is 6.59. The quantitative estimate of drug-likeness (QED) is 0.399. The van der Waals surface area contributed by atoms with Gasteiger partial charge in [0, 0.05) is 25.5 Å². The van der Waals surface area contributed by atoms with Gasteiger partial charge in [0.2, 0.25) is 0 Å². The molecule has 1 rings (SSSR count). The van der Waals surface area contributed by atoms with Crippen molar-refractivity contribution < 1.29 is 0 Å². The molecule has 0 radical (unpaired) electrons. The lowest BCUT2D eigenvalue weighted by molar-refractivity contribution is 0.168. The summed E-state index contributed by atoms with van der Waals surface area (Å²) in [7, 11) is 0. The first-order valence-electron chi connectivity index (χ1n) is 9.49. The van der Waals surface area contributed by atoms with Crippen LogP contribution in [-0.2, 0) is 0 Å². The molecule has 0 saturated carbocycles. The fraction of sp³-hybridized carbons (Fsp3) is 0.895. The second kappa shape index (κ2) is 11.9. The maximum absolute atomic E-state index is 2.50. The van der Waals surface area contributed by atoms with Gasteiger partial charge in [-0.15, -0.1) is 0 Å². The van der Waals surface area contributed by atoms with Crippen molar-refractivity contribution in [2.24, 2.45) is 0 Å². The van der Waals surface area contributed by atoms with Gasteiger partial charge in [0.15, 0.2) is 0 Å².